The Labute approximate surface area is 153 Å². The van der Waals surface area contributed by atoms with Gasteiger partial charge in [-0.2, -0.15) is 0 Å². The summed E-state index contributed by atoms with van der Waals surface area (Å²) < 4.78 is 5.82. The summed E-state index contributed by atoms with van der Waals surface area (Å²) in [5.41, 5.74) is 0.775. The highest BCUT2D eigenvalue weighted by molar-refractivity contribution is 7.80. The van der Waals surface area contributed by atoms with Gasteiger partial charge in [-0.1, -0.05) is 37.0 Å². The molecule has 23 heavy (non-hydrogen) atoms. The van der Waals surface area contributed by atoms with Crippen LogP contribution in [0.25, 0.3) is 0 Å². The van der Waals surface area contributed by atoms with Crippen molar-refractivity contribution in [3.8, 4) is 0 Å². The maximum atomic E-state index is 5.98. The fourth-order valence-corrected chi connectivity index (χ4v) is 3.48. The van der Waals surface area contributed by atoms with Crippen LogP contribution in [0.2, 0.25) is 10.0 Å². The summed E-state index contributed by atoms with van der Waals surface area (Å²) in [5.74, 6) is 0.701. The van der Waals surface area contributed by atoms with Gasteiger partial charge >= 0.3 is 0 Å². The smallest absolute Gasteiger partial charge is 0.170 e. The highest BCUT2D eigenvalue weighted by Gasteiger charge is 2.24. The molecule has 0 aliphatic carbocycles. The third-order valence-electron chi connectivity index (χ3n) is 3.63. The Morgan fingerprint density at radius 2 is 2.04 bits per heavy atom. The quantitative estimate of drug-likeness (QED) is 0.688. The first kappa shape index (κ1) is 18.7. The van der Waals surface area contributed by atoms with E-state index in [2.05, 4.69) is 24.5 Å². The number of rotatable bonds is 5. The zero-order chi connectivity index (χ0) is 16.8. The predicted molar refractivity (Wildman–Crippen MR) is 101 cm³/mol. The lowest BCUT2D eigenvalue weighted by Gasteiger charge is -2.31. The van der Waals surface area contributed by atoms with Gasteiger partial charge in [-0.25, -0.2) is 0 Å². The lowest BCUT2D eigenvalue weighted by Crippen LogP contribution is -3.15. The molecule has 1 aliphatic heterocycles. The van der Waals surface area contributed by atoms with Crippen molar-refractivity contribution in [3.63, 3.8) is 0 Å². The first-order valence-electron chi connectivity index (χ1n) is 7.88. The first-order chi connectivity index (χ1) is 10.9. The summed E-state index contributed by atoms with van der Waals surface area (Å²) in [5, 5.41) is 8.00. The van der Waals surface area contributed by atoms with Gasteiger partial charge in [0.15, 0.2) is 5.11 Å². The summed E-state index contributed by atoms with van der Waals surface area (Å²) in [4.78, 5) is 1.60. The van der Waals surface area contributed by atoms with Crippen molar-refractivity contribution >= 4 is 46.2 Å². The van der Waals surface area contributed by atoms with E-state index in [1.165, 1.54) is 6.54 Å². The molecule has 1 aromatic rings. The van der Waals surface area contributed by atoms with E-state index in [1.807, 2.05) is 0 Å². The zero-order valence-corrected chi connectivity index (χ0v) is 15.8. The molecular formula is C16H24Cl2N3OS+. The zero-order valence-electron chi connectivity index (χ0n) is 13.5. The first-order valence-corrected chi connectivity index (χ1v) is 9.05. The molecule has 128 valence electrons. The van der Waals surface area contributed by atoms with Crippen molar-refractivity contribution in [2.45, 2.75) is 20.0 Å². The molecule has 4 nitrogen and oxygen atoms in total. The van der Waals surface area contributed by atoms with Crippen molar-refractivity contribution < 1.29 is 9.64 Å². The molecule has 1 aliphatic rings. The van der Waals surface area contributed by atoms with E-state index >= 15 is 0 Å². The Hall–Kier alpha value is -0.590. The average Bonchev–Trinajstić information content (AvgIpc) is 2.43. The number of halogens is 2. The van der Waals surface area contributed by atoms with E-state index in [-0.39, 0.29) is 6.10 Å². The van der Waals surface area contributed by atoms with Crippen molar-refractivity contribution in [1.82, 2.24) is 5.32 Å². The Balaban J connectivity index is 1.77. The van der Waals surface area contributed by atoms with Crippen LogP contribution in [0.1, 0.15) is 13.8 Å². The van der Waals surface area contributed by atoms with E-state index in [9.17, 15) is 0 Å². The molecule has 1 saturated heterocycles. The number of anilines is 1. The Morgan fingerprint density at radius 3 is 2.70 bits per heavy atom. The van der Waals surface area contributed by atoms with Crippen LogP contribution in [0.5, 0.6) is 0 Å². The second-order valence-corrected chi connectivity index (χ2v) is 7.57. The molecule has 1 heterocycles. The summed E-state index contributed by atoms with van der Waals surface area (Å²) in [6, 6.07) is 5.26. The standard InChI is InChI=1S/C16H23Cl2N3OS/c1-11(2)9-21-3-4-22-15(10-21)8-19-16(23)20-14-6-12(17)5-13(18)7-14/h5-7,11,15H,3-4,8-10H2,1-2H3,(H2,19,20,23)/p+1/t15-/m1/s1. The maximum absolute atomic E-state index is 5.98. The number of ether oxygens (including phenoxy) is 1. The van der Waals surface area contributed by atoms with Gasteiger partial charge in [0.05, 0.1) is 13.2 Å². The molecule has 1 aromatic carbocycles. The minimum Gasteiger partial charge on any atom is -0.365 e. The Morgan fingerprint density at radius 1 is 1.35 bits per heavy atom. The van der Waals surface area contributed by atoms with Gasteiger partial charge in [0, 0.05) is 28.2 Å². The van der Waals surface area contributed by atoms with Crippen LogP contribution >= 0.6 is 35.4 Å². The van der Waals surface area contributed by atoms with Crippen molar-refractivity contribution in [2.75, 3.05) is 38.1 Å². The van der Waals surface area contributed by atoms with Gasteiger partial charge in [0.1, 0.15) is 19.2 Å². The van der Waals surface area contributed by atoms with Crippen LogP contribution in [0.4, 0.5) is 5.69 Å². The molecule has 0 bridgehead atoms. The predicted octanol–water partition coefficient (Wildman–Crippen LogP) is 2.22. The minimum absolute atomic E-state index is 0.181. The van der Waals surface area contributed by atoms with Gasteiger partial charge in [-0.05, 0) is 30.4 Å². The Kier molecular flexibility index (Phi) is 7.37. The molecule has 2 atom stereocenters. The molecule has 0 aromatic heterocycles. The number of hydrogen-bond donors (Lipinski definition) is 3. The van der Waals surface area contributed by atoms with Crippen LogP contribution < -0.4 is 15.5 Å². The number of benzene rings is 1. The minimum atomic E-state index is 0.181. The normalized spacial score (nSPS) is 21.3. The van der Waals surface area contributed by atoms with Crippen molar-refractivity contribution in [1.29, 1.82) is 0 Å². The van der Waals surface area contributed by atoms with Crippen LogP contribution in [0.3, 0.4) is 0 Å². The third-order valence-corrected chi connectivity index (χ3v) is 4.32. The molecule has 0 amide bonds. The molecule has 0 radical (unpaired) electrons. The average molecular weight is 377 g/mol. The highest BCUT2D eigenvalue weighted by atomic mass is 35.5. The fourth-order valence-electron chi connectivity index (χ4n) is 2.75. The van der Waals surface area contributed by atoms with Crippen molar-refractivity contribution in [3.05, 3.63) is 28.2 Å². The van der Waals surface area contributed by atoms with Crippen LogP contribution in [0, 0.1) is 5.92 Å². The monoisotopic (exact) mass is 376 g/mol. The van der Waals surface area contributed by atoms with Crippen LogP contribution in [0.15, 0.2) is 18.2 Å². The molecular weight excluding hydrogens is 353 g/mol. The molecule has 3 N–H and O–H groups in total. The lowest BCUT2D eigenvalue weighted by atomic mass is 10.2. The van der Waals surface area contributed by atoms with Crippen LogP contribution in [-0.2, 0) is 4.74 Å². The van der Waals surface area contributed by atoms with E-state index in [0.717, 1.165) is 25.4 Å². The highest BCUT2D eigenvalue weighted by Crippen LogP contribution is 2.22. The second kappa shape index (κ2) is 9.04. The molecule has 1 unspecified atom stereocenters. The largest absolute Gasteiger partial charge is 0.365 e. The second-order valence-electron chi connectivity index (χ2n) is 6.29. The molecule has 1 fully saturated rings. The molecule has 0 spiro atoms. The summed E-state index contributed by atoms with van der Waals surface area (Å²) >= 11 is 17.3. The summed E-state index contributed by atoms with van der Waals surface area (Å²) in [6.07, 6.45) is 0.181. The van der Waals surface area contributed by atoms with E-state index in [0.29, 0.717) is 27.6 Å². The topological polar surface area (TPSA) is 37.7 Å². The Bertz CT molecular complexity index is 522. The van der Waals surface area contributed by atoms with Gasteiger partial charge in [0.25, 0.3) is 0 Å². The lowest BCUT2D eigenvalue weighted by molar-refractivity contribution is -0.914. The molecule has 7 heteroatoms. The number of morpholine rings is 1. The van der Waals surface area contributed by atoms with Gasteiger partial charge in [0.2, 0.25) is 0 Å². The summed E-state index contributed by atoms with van der Waals surface area (Å²) in [7, 11) is 0. The van der Waals surface area contributed by atoms with Gasteiger partial charge in [-0.3, -0.25) is 0 Å². The van der Waals surface area contributed by atoms with E-state index in [1.54, 1.807) is 23.1 Å². The van der Waals surface area contributed by atoms with Gasteiger partial charge < -0.3 is 20.3 Å². The summed E-state index contributed by atoms with van der Waals surface area (Å²) in [6.45, 7) is 9.29. The van der Waals surface area contributed by atoms with Crippen molar-refractivity contribution in [2.24, 2.45) is 5.92 Å². The van der Waals surface area contributed by atoms with Crippen LogP contribution in [-0.4, -0.2) is 44.0 Å². The van der Waals surface area contributed by atoms with Gasteiger partial charge in [-0.15, -0.1) is 0 Å². The number of hydrogen-bond acceptors (Lipinski definition) is 2. The van der Waals surface area contributed by atoms with E-state index < -0.39 is 0 Å². The molecule has 0 saturated carbocycles. The maximum Gasteiger partial charge on any atom is 0.170 e. The van der Waals surface area contributed by atoms with E-state index in [4.69, 9.17) is 40.2 Å². The third kappa shape index (κ3) is 6.81. The number of thiocarbonyl (C=S) groups is 1. The number of quaternary nitrogens is 1. The molecule has 2 rings (SSSR count). The SMILES string of the molecule is CC(C)C[NH+]1CCO[C@H](CNC(=S)Nc2cc(Cl)cc(Cl)c2)C1. The number of nitrogens with one attached hydrogen (secondary N) is 3. The fraction of sp³-hybridized carbons (Fsp3) is 0.562.